The molecule has 1 aromatic heterocycles. The minimum atomic E-state index is -4.86. The fourth-order valence-corrected chi connectivity index (χ4v) is 1.76. The molecular formula is C12H6BrF3N2O2. The minimum absolute atomic E-state index is 0.185. The van der Waals surface area contributed by atoms with Crippen LogP contribution in [0.3, 0.4) is 0 Å². The molecule has 0 radical (unpaired) electrons. The molecule has 1 N–H and O–H groups in total. The van der Waals surface area contributed by atoms with Crippen LogP contribution in [0.2, 0.25) is 0 Å². The van der Waals surface area contributed by atoms with Gasteiger partial charge < -0.3 is 5.11 Å². The first kappa shape index (κ1) is 14.4. The first-order valence-electron chi connectivity index (χ1n) is 5.22. The summed E-state index contributed by atoms with van der Waals surface area (Å²) in [4.78, 5) is 17.8. The van der Waals surface area contributed by atoms with Gasteiger partial charge in [0.25, 0.3) is 0 Å². The normalized spacial score (nSPS) is 11.4. The summed E-state index contributed by atoms with van der Waals surface area (Å²) in [6.07, 6.45) is -4.20. The van der Waals surface area contributed by atoms with Gasteiger partial charge in [0.1, 0.15) is 5.56 Å². The summed E-state index contributed by atoms with van der Waals surface area (Å²) < 4.78 is 39.2. The molecule has 20 heavy (non-hydrogen) atoms. The van der Waals surface area contributed by atoms with Gasteiger partial charge in [-0.05, 0) is 12.1 Å². The molecule has 0 amide bonds. The minimum Gasteiger partial charge on any atom is -0.478 e. The molecule has 0 aliphatic rings. The maximum absolute atomic E-state index is 12.8. The highest BCUT2D eigenvalue weighted by Crippen LogP contribution is 2.31. The van der Waals surface area contributed by atoms with Crippen molar-refractivity contribution in [2.45, 2.75) is 6.18 Å². The smallest absolute Gasteiger partial charge is 0.434 e. The lowest BCUT2D eigenvalue weighted by molar-refractivity contribution is -0.141. The van der Waals surface area contributed by atoms with Gasteiger partial charge in [-0.25, -0.2) is 14.8 Å². The average Bonchev–Trinajstić information content (AvgIpc) is 2.38. The van der Waals surface area contributed by atoms with Gasteiger partial charge in [0.05, 0.1) is 0 Å². The summed E-state index contributed by atoms with van der Waals surface area (Å²) in [7, 11) is 0. The molecule has 0 unspecified atom stereocenters. The van der Waals surface area contributed by atoms with Gasteiger partial charge in [-0.2, -0.15) is 13.2 Å². The Balaban J connectivity index is 2.58. The highest BCUT2D eigenvalue weighted by molar-refractivity contribution is 9.10. The van der Waals surface area contributed by atoms with Gasteiger partial charge in [0.2, 0.25) is 0 Å². The van der Waals surface area contributed by atoms with Crippen LogP contribution < -0.4 is 0 Å². The summed E-state index contributed by atoms with van der Waals surface area (Å²) in [5, 5.41) is 8.74. The molecule has 2 rings (SSSR count). The molecule has 8 heteroatoms. The van der Waals surface area contributed by atoms with Crippen molar-refractivity contribution in [3.63, 3.8) is 0 Å². The Morgan fingerprint density at radius 2 is 1.80 bits per heavy atom. The van der Waals surface area contributed by atoms with Crippen LogP contribution in [0.25, 0.3) is 11.4 Å². The van der Waals surface area contributed by atoms with Crippen molar-refractivity contribution >= 4 is 21.9 Å². The summed E-state index contributed by atoms with van der Waals surface area (Å²) >= 11 is 3.20. The molecule has 0 atom stereocenters. The fourth-order valence-electron chi connectivity index (χ4n) is 1.49. The van der Waals surface area contributed by atoms with Gasteiger partial charge in [0.15, 0.2) is 11.5 Å². The number of hydrogen-bond donors (Lipinski definition) is 1. The van der Waals surface area contributed by atoms with Crippen molar-refractivity contribution in [3.05, 3.63) is 46.2 Å². The number of nitrogens with zero attached hydrogens (tertiary/aromatic N) is 2. The lowest BCUT2D eigenvalue weighted by atomic mass is 10.2. The third-order valence-corrected chi connectivity index (χ3v) is 2.92. The highest BCUT2D eigenvalue weighted by atomic mass is 79.9. The first-order valence-corrected chi connectivity index (χ1v) is 6.02. The Labute approximate surface area is 119 Å². The summed E-state index contributed by atoms with van der Waals surface area (Å²) in [5.41, 5.74) is -2.08. The van der Waals surface area contributed by atoms with Gasteiger partial charge in [-0.1, -0.05) is 28.1 Å². The predicted molar refractivity (Wildman–Crippen MR) is 67.1 cm³/mol. The number of aromatic carboxylic acids is 1. The number of benzene rings is 1. The Hall–Kier alpha value is -1.96. The van der Waals surface area contributed by atoms with Crippen molar-refractivity contribution in [3.8, 4) is 11.4 Å². The van der Waals surface area contributed by atoms with Crippen molar-refractivity contribution < 1.29 is 23.1 Å². The molecule has 0 bridgehead atoms. The molecule has 2 aromatic rings. The van der Waals surface area contributed by atoms with E-state index in [9.17, 15) is 18.0 Å². The number of hydrogen-bond acceptors (Lipinski definition) is 3. The maximum Gasteiger partial charge on any atom is 0.434 e. The molecule has 0 fully saturated rings. The van der Waals surface area contributed by atoms with Crippen molar-refractivity contribution in [1.82, 2.24) is 9.97 Å². The Bertz CT molecular complexity index is 657. The first-order chi connectivity index (χ1) is 9.29. The second kappa shape index (κ2) is 5.20. The number of carbonyl (C=O) groups is 1. The third kappa shape index (κ3) is 2.96. The average molecular weight is 347 g/mol. The SMILES string of the molecule is O=C(O)c1cnc(-c2ccc(Br)cc2)nc1C(F)(F)F. The topological polar surface area (TPSA) is 63.1 Å². The number of rotatable bonds is 2. The van der Waals surface area contributed by atoms with E-state index in [4.69, 9.17) is 5.11 Å². The lowest BCUT2D eigenvalue weighted by Gasteiger charge is -2.10. The Morgan fingerprint density at radius 3 is 2.30 bits per heavy atom. The largest absolute Gasteiger partial charge is 0.478 e. The molecule has 104 valence electrons. The van der Waals surface area contributed by atoms with E-state index >= 15 is 0 Å². The van der Waals surface area contributed by atoms with Crippen LogP contribution in [0, 0.1) is 0 Å². The molecule has 0 saturated heterocycles. The molecule has 1 aromatic carbocycles. The quantitative estimate of drug-likeness (QED) is 0.901. The number of carboxylic acid groups (broad SMARTS) is 1. The molecule has 0 aliphatic carbocycles. The molecule has 0 aliphatic heterocycles. The summed E-state index contributed by atoms with van der Waals surface area (Å²) in [6.45, 7) is 0. The van der Waals surface area contributed by atoms with Crippen LogP contribution in [0.1, 0.15) is 16.1 Å². The van der Waals surface area contributed by atoms with E-state index in [1.807, 2.05) is 0 Å². The maximum atomic E-state index is 12.8. The lowest BCUT2D eigenvalue weighted by Crippen LogP contribution is -2.16. The van der Waals surface area contributed by atoms with Crippen LogP contribution in [-0.4, -0.2) is 21.0 Å². The predicted octanol–water partition coefficient (Wildman–Crippen LogP) is 3.62. The highest BCUT2D eigenvalue weighted by Gasteiger charge is 2.38. The standard InChI is InChI=1S/C12H6BrF3N2O2/c13-7-3-1-6(2-4-7)10-17-5-8(11(19)20)9(18-10)12(14,15)16/h1-5H,(H,19,20). The molecule has 4 nitrogen and oxygen atoms in total. The van der Waals surface area contributed by atoms with E-state index in [1.54, 1.807) is 12.1 Å². The number of carboxylic acids is 1. The van der Waals surface area contributed by atoms with E-state index in [1.165, 1.54) is 12.1 Å². The zero-order chi connectivity index (χ0) is 14.9. The van der Waals surface area contributed by atoms with Gasteiger partial charge in [0, 0.05) is 16.2 Å². The zero-order valence-corrected chi connectivity index (χ0v) is 11.2. The number of aromatic nitrogens is 2. The number of alkyl halides is 3. The van der Waals surface area contributed by atoms with E-state index in [2.05, 4.69) is 25.9 Å². The van der Waals surface area contributed by atoms with Crippen LogP contribution in [-0.2, 0) is 6.18 Å². The van der Waals surface area contributed by atoms with Gasteiger partial charge >= 0.3 is 12.1 Å². The van der Waals surface area contributed by atoms with Gasteiger partial charge in [-0.3, -0.25) is 0 Å². The molecule has 1 heterocycles. The van der Waals surface area contributed by atoms with E-state index in [-0.39, 0.29) is 5.82 Å². The van der Waals surface area contributed by atoms with Crippen molar-refractivity contribution in [1.29, 1.82) is 0 Å². The second-order valence-electron chi connectivity index (χ2n) is 3.77. The summed E-state index contributed by atoms with van der Waals surface area (Å²) in [5.74, 6) is -1.91. The van der Waals surface area contributed by atoms with E-state index in [0.717, 1.165) is 4.47 Å². The van der Waals surface area contributed by atoms with Gasteiger partial charge in [-0.15, -0.1) is 0 Å². The summed E-state index contributed by atoms with van der Waals surface area (Å²) in [6, 6.07) is 6.30. The second-order valence-corrected chi connectivity index (χ2v) is 4.68. The van der Waals surface area contributed by atoms with Crippen LogP contribution in [0.15, 0.2) is 34.9 Å². The van der Waals surface area contributed by atoms with E-state index in [0.29, 0.717) is 11.8 Å². The third-order valence-electron chi connectivity index (χ3n) is 2.39. The monoisotopic (exact) mass is 346 g/mol. The molecular weight excluding hydrogens is 341 g/mol. The molecule has 0 saturated carbocycles. The van der Waals surface area contributed by atoms with Crippen molar-refractivity contribution in [2.75, 3.05) is 0 Å². The van der Waals surface area contributed by atoms with Crippen LogP contribution in [0.4, 0.5) is 13.2 Å². The van der Waals surface area contributed by atoms with E-state index < -0.39 is 23.4 Å². The van der Waals surface area contributed by atoms with Crippen LogP contribution >= 0.6 is 15.9 Å². The van der Waals surface area contributed by atoms with Crippen molar-refractivity contribution in [2.24, 2.45) is 0 Å². The zero-order valence-electron chi connectivity index (χ0n) is 9.65. The molecule has 0 spiro atoms. The van der Waals surface area contributed by atoms with Crippen LogP contribution in [0.5, 0.6) is 0 Å². The Kier molecular flexibility index (Phi) is 3.76. The number of halogens is 4. The fraction of sp³-hybridized carbons (Fsp3) is 0.0833. The Morgan fingerprint density at radius 1 is 1.20 bits per heavy atom.